The fraction of sp³-hybridized carbons (Fsp3) is 0.292. The molecule has 2 atom stereocenters. The van der Waals surface area contributed by atoms with Crippen molar-refractivity contribution in [3.8, 4) is 5.69 Å². The van der Waals surface area contributed by atoms with Crippen LogP contribution >= 0.6 is 0 Å². The predicted molar refractivity (Wildman–Crippen MR) is 116 cm³/mol. The number of aromatic nitrogens is 5. The number of nitrogens with one attached hydrogen (secondary N) is 1. The fourth-order valence-corrected chi connectivity index (χ4v) is 4.64. The Labute approximate surface area is 176 Å². The Balaban J connectivity index is 1.57. The summed E-state index contributed by atoms with van der Waals surface area (Å²) in [5, 5.41) is 4.47. The quantitative estimate of drug-likeness (QED) is 0.526. The molecule has 0 radical (unpaired) electrons. The molecule has 5 rings (SSSR count). The lowest BCUT2D eigenvalue weighted by molar-refractivity contribution is 0.0661. The molecule has 0 aliphatic carbocycles. The van der Waals surface area contributed by atoms with Crippen LogP contribution in [0.15, 0.2) is 73.4 Å². The molecule has 1 aromatic carbocycles. The van der Waals surface area contributed by atoms with Crippen LogP contribution in [0.2, 0.25) is 0 Å². The monoisotopic (exact) mass is 398 g/mol. The maximum Gasteiger partial charge on any atom is 0.123 e. The van der Waals surface area contributed by atoms with Gasteiger partial charge in [-0.25, -0.2) is 9.67 Å². The van der Waals surface area contributed by atoms with Gasteiger partial charge < -0.3 is 4.98 Å². The summed E-state index contributed by atoms with van der Waals surface area (Å²) in [6, 6.07) is 15.1. The predicted octanol–water partition coefficient (Wildman–Crippen LogP) is 4.77. The Morgan fingerprint density at radius 3 is 2.67 bits per heavy atom. The molecule has 0 bridgehead atoms. The molecule has 0 saturated carbocycles. The highest BCUT2D eigenvalue weighted by atomic mass is 15.3. The molecule has 152 valence electrons. The zero-order chi connectivity index (χ0) is 20.3. The third kappa shape index (κ3) is 3.55. The second-order valence-corrected chi connectivity index (χ2v) is 7.89. The molecule has 1 N–H and O–H groups in total. The molecule has 0 amide bonds. The van der Waals surface area contributed by atoms with E-state index in [0.29, 0.717) is 0 Å². The summed E-state index contributed by atoms with van der Waals surface area (Å²) in [6.07, 6.45) is 12.8. The summed E-state index contributed by atoms with van der Waals surface area (Å²) < 4.78 is 1.95. The molecule has 3 aromatic heterocycles. The van der Waals surface area contributed by atoms with Crippen LogP contribution in [0.25, 0.3) is 5.69 Å². The molecule has 4 aromatic rings. The van der Waals surface area contributed by atoms with Crippen LogP contribution in [0.1, 0.15) is 54.0 Å². The van der Waals surface area contributed by atoms with E-state index >= 15 is 0 Å². The van der Waals surface area contributed by atoms with Gasteiger partial charge in [-0.2, -0.15) is 5.10 Å². The number of hydrogen-bond acceptors (Lipinski definition) is 4. The zero-order valence-corrected chi connectivity index (χ0v) is 17.1. The summed E-state index contributed by atoms with van der Waals surface area (Å²) in [4.78, 5) is 15.3. The zero-order valence-electron chi connectivity index (χ0n) is 17.1. The van der Waals surface area contributed by atoms with Crippen LogP contribution in [-0.4, -0.2) is 29.6 Å². The Morgan fingerprint density at radius 1 is 0.967 bits per heavy atom. The maximum atomic E-state index is 4.79. The molecule has 0 spiro atoms. The van der Waals surface area contributed by atoms with Gasteiger partial charge in [0, 0.05) is 37.5 Å². The summed E-state index contributed by atoms with van der Waals surface area (Å²) in [5.41, 5.74) is 4.78. The highest BCUT2D eigenvalue weighted by Gasteiger charge is 2.35. The Kier molecular flexibility index (Phi) is 5.15. The van der Waals surface area contributed by atoms with Gasteiger partial charge in [0.25, 0.3) is 0 Å². The molecule has 1 saturated heterocycles. The highest BCUT2D eigenvalue weighted by molar-refractivity contribution is 5.40. The van der Waals surface area contributed by atoms with Crippen molar-refractivity contribution in [2.75, 3.05) is 0 Å². The van der Waals surface area contributed by atoms with Crippen molar-refractivity contribution >= 4 is 0 Å². The molecule has 6 heteroatoms. The third-order valence-electron chi connectivity index (χ3n) is 6.05. The normalized spacial score (nSPS) is 19.8. The highest BCUT2D eigenvalue weighted by Crippen LogP contribution is 2.42. The maximum absolute atomic E-state index is 4.79. The first-order chi connectivity index (χ1) is 14.8. The van der Waals surface area contributed by atoms with E-state index in [-0.39, 0.29) is 12.1 Å². The molecule has 1 fully saturated rings. The summed E-state index contributed by atoms with van der Waals surface area (Å²) in [7, 11) is 0. The van der Waals surface area contributed by atoms with Gasteiger partial charge in [0.2, 0.25) is 0 Å². The van der Waals surface area contributed by atoms with Crippen LogP contribution < -0.4 is 0 Å². The number of rotatable bonds is 5. The first-order valence-electron chi connectivity index (χ1n) is 10.6. The topological polar surface area (TPSA) is 62.6 Å². The van der Waals surface area contributed by atoms with Gasteiger partial charge in [0.1, 0.15) is 5.82 Å². The lowest BCUT2D eigenvalue weighted by Gasteiger charge is -2.41. The van der Waals surface area contributed by atoms with Crippen molar-refractivity contribution < 1.29 is 0 Å². The molecule has 1 aliphatic heterocycles. The molecule has 6 nitrogen and oxygen atoms in total. The van der Waals surface area contributed by atoms with Gasteiger partial charge in [-0.05, 0) is 55.5 Å². The molecule has 0 unspecified atom stereocenters. The van der Waals surface area contributed by atoms with Crippen molar-refractivity contribution in [1.29, 1.82) is 0 Å². The van der Waals surface area contributed by atoms with Gasteiger partial charge in [-0.1, -0.05) is 24.3 Å². The standard InChI is InChI=1S/C24H26N6/c1-18-7-5-12-25-23(18)21-10-4-11-22(24-26-14-15-27-24)29(21)17-19-8-2-3-9-20(19)30-16-6-13-28-30/h2-3,5-9,12-16,21-22H,4,10-11,17H2,1H3,(H,26,27)/t21-,22+/m0/s1. The number of nitrogens with zero attached hydrogens (tertiary/aromatic N) is 5. The molecular weight excluding hydrogens is 372 g/mol. The molecular formula is C24H26N6. The van der Waals surface area contributed by atoms with Gasteiger partial charge in [0.15, 0.2) is 0 Å². The first kappa shape index (κ1) is 18.8. The molecule has 1 aliphatic rings. The van der Waals surface area contributed by atoms with E-state index in [2.05, 4.69) is 57.2 Å². The van der Waals surface area contributed by atoms with Crippen molar-refractivity contribution in [3.05, 3.63) is 96.1 Å². The van der Waals surface area contributed by atoms with Gasteiger partial charge in [-0.3, -0.25) is 9.88 Å². The van der Waals surface area contributed by atoms with E-state index in [9.17, 15) is 0 Å². The Morgan fingerprint density at radius 2 is 1.87 bits per heavy atom. The summed E-state index contributed by atoms with van der Waals surface area (Å²) in [6.45, 7) is 2.97. The van der Waals surface area contributed by atoms with E-state index < -0.39 is 0 Å². The summed E-state index contributed by atoms with van der Waals surface area (Å²) >= 11 is 0. The number of H-pyrrole nitrogens is 1. The fourth-order valence-electron chi connectivity index (χ4n) is 4.64. The van der Waals surface area contributed by atoms with Crippen LogP contribution in [0.4, 0.5) is 0 Å². The number of piperidine rings is 1. The second-order valence-electron chi connectivity index (χ2n) is 7.89. The van der Waals surface area contributed by atoms with Crippen LogP contribution in [0.5, 0.6) is 0 Å². The van der Waals surface area contributed by atoms with Crippen molar-refractivity contribution in [2.24, 2.45) is 0 Å². The van der Waals surface area contributed by atoms with Gasteiger partial charge >= 0.3 is 0 Å². The number of hydrogen-bond donors (Lipinski definition) is 1. The largest absolute Gasteiger partial charge is 0.347 e. The Hall–Kier alpha value is -3.25. The lowest BCUT2D eigenvalue weighted by atomic mass is 9.90. The number of aromatic amines is 1. The second kappa shape index (κ2) is 8.24. The van der Waals surface area contributed by atoms with Gasteiger partial charge in [0.05, 0.1) is 23.5 Å². The third-order valence-corrected chi connectivity index (χ3v) is 6.05. The van der Waals surface area contributed by atoms with E-state index in [1.54, 1.807) is 0 Å². The minimum absolute atomic E-state index is 0.228. The van der Waals surface area contributed by atoms with Gasteiger partial charge in [-0.15, -0.1) is 0 Å². The van der Waals surface area contributed by atoms with Crippen molar-refractivity contribution in [2.45, 2.75) is 44.8 Å². The SMILES string of the molecule is Cc1cccnc1[C@@H]1CCC[C@H](c2ncc[nH]2)N1Cc1ccccc1-n1cccn1. The van der Waals surface area contributed by atoms with E-state index in [0.717, 1.165) is 37.3 Å². The lowest BCUT2D eigenvalue weighted by Crippen LogP contribution is -2.37. The number of benzene rings is 1. The van der Waals surface area contributed by atoms with Crippen LogP contribution in [-0.2, 0) is 6.54 Å². The molecule has 4 heterocycles. The van der Waals surface area contributed by atoms with Crippen LogP contribution in [0, 0.1) is 6.92 Å². The van der Waals surface area contributed by atoms with Crippen molar-refractivity contribution in [1.82, 2.24) is 29.6 Å². The number of likely N-dealkylation sites (tertiary alicyclic amines) is 1. The average molecular weight is 399 g/mol. The van der Waals surface area contributed by atoms with Crippen molar-refractivity contribution in [3.63, 3.8) is 0 Å². The molecule has 30 heavy (non-hydrogen) atoms. The van der Waals surface area contributed by atoms with E-state index in [4.69, 9.17) is 4.98 Å². The first-order valence-corrected chi connectivity index (χ1v) is 10.6. The minimum atomic E-state index is 0.228. The number of para-hydroxylation sites is 1. The van der Waals surface area contributed by atoms with E-state index in [1.807, 2.05) is 47.8 Å². The number of imidazole rings is 1. The van der Waals surface area contributed by atoms with E-state index in [1.165, 1.54) is 16.8 Å². The number of aryl methyl sites for hydroxylation is 1. The number of pyridine rings is 1. The van der Waals surface area contributed by atoms with Crippen LogP contribution in [0.3, 0.4) is 0 Å². The minimum Gasteiger partial charge on any atom is -0.347 e. The summed E-state index contributed by atoms with van der Waals surface area (Å²) in [5.74, 6) is 1.03. The average Bonchev–Trinajstić information content (AvgIpc) is 3.49. The Bertz CT molecular complexity index is 1090. The smallest absolute Gasteiger partial charge is 0.123 e.